The van der Waals surface area contributed by atoms with Crippen molar-refractivity contribution >= 4 is 0 Å². The van der Waals surface area contributed by atoms with E-state index in [0.29, 0.717) is 0 Å². The Bertz CT molecular complexity index is 411. The predicted molar refractivity (Wildman–Crippen MR) is 76.5 cm³/mol. The molecule has 2 aliphatic heterocycles. The van der Waals surface area contributed by atoms with E-state index < -0.39 is 74.6 Å². The van der Waals surface area contributed by atoms with Crippen molar-refractivity contribution in [3.8, 4) is 0 Å². The molecule has 12 nitrogen and oxygen atoms in total. The minimum Gasteiger partial charge on any atom is -0.394 e. The third-order valence-electron chi connectivity index (χ3n) is 4.29. The quantitative estimate of drug-likeness (QED) is 0.207. The molecule has 8 N–H and O–H groups in total. The number of ether oxygens (including phenoxy) is 3. The van der Waals surface area contributed by atoms with E-state index in [1.807, 2.05) is 0 Å². The summed E-state index contributed by atoms with van der Waals surface area (Å²) in [5, 5.41) is 67.8. The van der Waals surface area contributed by atoms with Crippen LogP contribution in [-0.4, -0.2) is 117 Å². The lowest BCUT2D eigenvalue weighted by molar-refractivity contribution is -0.334. The second kappa shape index (κ2) is 8.94. The van der Waals surface area contributed by atoms with Crippen LogP contribution >= 0.6 is 0 Å². The smallest absolute Gasteiger partial charge is 0.206 e. The second-order valence-electron chi connectivity index (χ2n) is 5.90. The zero-order valence-corrected chi connectivity index (χ0v) is 13.5. The zero-order valence-electron chi connectivity index (χ0n) is 13.5. The first-order valence-corrected chi connectivity index (χ1v) is 7.72. The maximum Gasteiger partial charge on any atom is 0.206 e. The summed E-state index contributed by atoms with van der Waals surface area (Å²) in [7, 11) is 1.26. The van der Waals surface area contributed by atoms with Gasteiger partial charge in [-0.1, -0.05) is 0 Å². The Morgan fingerprint density at radius 3 is 1.88 bits per heavy atom. The van der Waals surface area contributed by atoms with Crippen molar-refractivity contribution in [1.29, 1.82) is 0 Å². The van der Waals surface area contributed by atoms with Crippen LogP contribution in [0.5, 0.6) is 0 Å². The molecule has 10 atom stereocenters. The van der Waals surface area contributed by atoms with Crippen LogP contribution in [0.25, 0.3) is 0 Å². The molecule has 0 aliphatic carbocycles. The first-order valence-electron chi connectivity index (χ1n) is 7.72. The number of aliphatic hydroxyl groups is 7. The van der Waals surface area contributed by atoms with E-state index in [4.69, 9.17) is 24.2 Å². The van der Waals surface area contributed by atoms with Gasteiger partial charge in [-0.25, -0.2) is 0 Å². The standard InChI is InChI=1S/C13H25NO11/c1-22-12-10(20)8(18)6(4(2-15)23-12)14-25-13-11(21)9(19)7(17)5(3-16)24-13/h4-21H,2-3H2,1H3/t4-,5-,6-,7-,8+,9+,10-,11-,12+,13+/m1/s1. The molecule has 2 fully saturated rings. The van der Waals surface area contributed by atoms with Crippen molar-refractivity contribution in [2.45, 2.75) is 61.3 Å². The lowest BCUT2D eigenvalue weighted by Crippen LogP contribution is -2.66. The van der Waals surface area contributed by atoms with Gasteiger partial charge in [0.05, 0.1) is 19.3 Å². The molecular formula is C13H25NO11. The summed E-state index contributed by atoms with van der Waals surface area (Å²) in [5.41, 5.74) is 2.32. The number of methoxy groups -OCH3 is 1. The van der Waals surface area contributed by atoms with Crippen molar-refractivity contribution in [2.75, 3.05) is 20.3 Å². The molecule has 2 rings (SSSR count). The molecule has 0 bridgehead atoms. The highest BCUT2D eigenvalue weighted by Crippen LogP contribution is 2.24. The molecule has 0 aromatic carbocycles. The number of nitrogens with one attached hydrogen (secondary N) is 1. The Kier molecular flexibility index (Phi) is 7.45. The molecule has 12 heteroatoms. The van der Waals surface area contributed by atoms with E-state index in [0.717, 1.165) is 0 Å². The van der Waals surface area contributed by atoms with Gasteiger partial charge in [-0.2, -0.15) is 5.48 Å². The summed E-state index contributed by atoms with van der Waals surface area (Å²) in [6.07, 6.45) is -12.6. The highest BCUT2D eigenvalue weighted by Gasteiger charge is 2.47. The van der Waals surface area contributed by atoms with Gasteiger partial charge in [0.1, 0.15) is 42.7 Å². The van der Waals surface area contributed by atoms with E-state index in [1.165, 1.54) is 7.11 Å². The predicted octanol–water partition coefficient (Wildman–Crippen LogP) is -5.24. The van der Waals surface area contributed by atoms with Crippen LogP contribution in [0.1, 0.15) is 0 Å². The summed E-state index contributed by atoms with van der Waals surface area (Å²) in [5.74, 6) is 0. The van der Waals surface area contributed by atoms with Gasteiger partial charge >= 0.3 is 0 Å². The highest BCUT2D eigenvalue weighted by atomic mass is 16.8. The Hall–Kier alpha value is -0.480. The molecule has 2 saturated heterocycles. The molecule has 0 unspecified atom stereocenters. The summed E-state index contributed by atoms with van der Waals surface area (Å²) >= 11 is 0. The van der Waals surface area contributed by atoms with Gasteiger partial charge in [0.15, 0.2) is 6.29 Å². The van der Waals surface area contributed by atoms with Gasteiger partial charge in [0, 0.05) is 7.11 Å². The average molecular weight is 371 g/mol. The van der Waals surface area contributed by atoms with Gasteiger partial charge in [-0.15, -0.1) is 0 Å². The topological polar surface area (TPSA) is 191 Å². The van der Waals surface area contributed by atoms with Crippen LogP contribution in [0.3, 0.4) is 0 Å². The minimum atomic E-state index is -1.66. The van der Waals surface area contributed by atoms with Crippen molar-refractivity contribution < 1.29 is 54.8 Å². The van der Waals surface area contributed by atoms with Crippen molar-refractivity contribution in [1.82, 2.24) is 5.48 Å². The van der Waals surface area contributed by atoms with Gasteiger partial charge in [0.2, 0.25) is 6.29 Å². The largest absolute Gasteiger partial charge is 0.394 e. The van der Waals surface area contributed by atoms with Crippen LogP contribution in [-0.2, 0) is 19.0 Å². The lowest BCUT2D eigenvalue weighted by atomic mass is 9.97. The first kappa shape index (κ1) is 20.8. The molecule has 2 aliphatic rings. The normalized spacial score (nSPS) is 48.5. The maximum absolute atomic E-state index is 10.1. The van der Waals surface area contributed by atoms with Gasteiger partial charge in [-0.3, -0.25) is 4.84 Å². The van der Waals surface area contributed by atoms with E-state index in [-0.39, 0.29) is 0 Å². The third-order valence-corrected chi connectivity index (χ3v) is 4.29. The van der Waals surface area contributed by atoms with E-state index >= 15 is 0 Å². The van der Waals surface area contributed by atoms with Crippen molar-refractivity contribution in [2.24, 2.45) is 0 Å². The molecular weight excluding hydrogens is 346 g/mol. The molecule has 0 spiro atoms. The summed E-state index contributed by atoms with van der Waals surface area (Å²) in [4.78, 5) is 5.10. The maximum atomic E-state index is 10.1. The zero-order chi connectivity index (χ0) is 18.7. The molecule has 0 radical (unpaired) electrons. The highest BCUT2D eigenvalue weighted by molar-refractivity contribution is 4.93. The number of hydroxylamine groups is 1. The number of rotatable bonds is 6. The Morgan fingerprint density at radius 1 is 0.760 bits per heavy atom. The second-order valence-corrected chi connectivity index (χ2v) is 5.90. The Balaban J connectivity index is 2.00. The molecule has 0 aromatic rings. The number of hydrogen-bond acceptors (Lipinski definition) is 12. The monoisotopic (exact) mass is 371 g/mol. The molecule has 0 aromatic heterocycles. The Morgan fingerprint density at radius 2 is 1.32 bits per heavy atom. The fourth-order valence-corrected chi connectivity index (χ4v) is 2.74. The number of hydrogen-bond donors (Lipinski definition) is 8. The van der Waals surface area contributed by atoms with Crippen LogP contribution in [0.2, 0.25) is 0 Å². The van der Waals surface area contributed by atoms with E-state index in [2.05, 4.69) is 5.48 Å². The SMILES string of the molecule is CO[C@H]1O[C@H](CO)[C@@H](NO[C@@H]2O[C@H](CO)[C@@H](O)[C@H](O)[C@H]2O)[C@H](O)[C@H]1O. The number of aliphatic hydroxyl groups excluding tert-OH is 7. The van der Waals surface area contributed by atoms with Crippen LogP contribution < -0.4 is 5.48 Å². The third kappa shape index (κ3) is 4.27. The fourth-order valence-electron chi connectivity index (χ4n) is 2.74. The van der Waals surface area contributed by atoms with Gasteiger partial charge < -0.3 is 50.0 Å². The summed E-state index contributed by atoms with van der Waals surface area (Å²) in [6.45, 7) is -1.17. The minimum absolute atomic E-state index is 0.542. The van der Waals surface area contributed by atoms with Crippen LogP contribution in [0.4, 0.5) is 0 Å². The molecule has 2 heterocycles. The van der Waals surface area contributed by atoms with E-state index in [9.17, 15) is 30.6 Å². The molecule has 0 amide bonds. The van der Waals surface area contributed by atoms with Crippen molar-refractivity contribution in [3.63, 3.8) is 0 Å². The lowest BCUT2D eigenvalue weighted by Gasteiger charge is -2.43. The Labute approximate surface area is 143 Å². The van der Waals surface area contributed by atoms with Crippen molar-refractivity contribution in [3.05, 3.63) is 0 Å². The average Bonchev–Trinajstić information content (AvgIpc) is 2.62. The first-order chi connectivity index (χ1) is 11.8. The molecule has 0 saturated carbocycles. The summed E-state index contributed by atoms with van der Waals surface area (Å²) < 4.78 is 15.3. The fraction of sp³-hybridized carbons (Fsp3) is 1.00. The van der Waals surface area contributed by atoms with Crippen LogP contribution in [0, 0.1) is 0 Å². The summed E-state index contributed by atoms with van der Waals surface area (Å²) in [6, 6.07) is -1.13. The van der Waals surface area contributed by atoms with Crippen LogP contribution in [0.15, 0.2) is 0 Å². The van der Waals surface area contributed by atoms with Gasteiger partial charge in [0.25, 0.3) is 0 Å². The van der Waals surface area contributed by atoms with Gasteiger partial charge in [-0.05, 0) is 0 Å². The van der Waals surface area contributed by atoms with E-state index in [1.54, 1.807) is 0 Å². The molecule has 148 valence electrons. The molecule has 25 heavy (non-hydrogen) atoms.